The molecule has 2 atom stereocenters. The Hall–Kier alpha value is -1.02. The lowest BCUT2D eigenvalue weighted by Crippen LogP contribution is -2.38. The first-order chi connectivity index (χ1) is 11.0. The molecular formula is C16H26Cl2N4O2S. The van der Waals surface area contributed by atoms with Gasteiger partial charge >= 0.3 is 0 Å². The molecule has 0 bridgehead atoms. The topological polar surface area (TPSA) is 88.3 Å². The molecule has 1 fully saturated rings. The summed E-state index contributed by atoms with van der Waals surface area (Å²) in [5.74, 6) is -0.0980. The number of hydrogen-bond donors (Lipinski definition) is 2. The third-order valence-corrected chi connectivity index (χ3v) is 4.90. The van der Waals surface area contributed by atoms with Crippen LogP contribution in [-0.2, 0) is 4.79 Å². The van der Waals surface area contributed by atoms with Crippen molar-refractivity contribution in [2.45, 2.75) is 43.0 Å². The number of amides is 2. The lowest BCUT2D eigenvalue weighted by molar-refractivity contribution is -0.129. The van der Waals surface area contributed by atoms with Crippen LogP contribution in [0.1, 0.15) is 37.0 Å². The largest absolute Gasteiger partial charge is 0.348 e. The lowest BCUT2D eigenvalue weighted by atomic mass is 10.2. The smallest absolute Gasteiger partial charge is 0.254 e. The minimum atomic E-state index is -0.263. The molecule has 3 N–H and O–H groups in total. The number of pyridine rings is 1. The van der Waals surface area contributed by atoms with Crippen molar-refractivity contribution in [3.63, 3.8) is 0 Å². The van der Waals surface area contributed by atoms with Crippen molar-refractivity contribution in [2.24, 2.45) is 5.73 Å². The number of hydrogen-bond acceptors (Lipinski definition) is 5. The van der Waals surface area contributed by atoms with Crippen LogP contribution in [0.25, 0.3) is 0 Å². The summed E-state index contributed by atoms with van der Waals surface area (Å²) in [6, 6.07) is 3.34. The van der Waals surface area contributed by atoms with Gasteiger partial charge in [-0.15, -0.1) is 24.8 Å². The molecule has 142 valence electrons. The van der Waals surface area contributed by atoms with Crippen molar-refractivity contribution in [1.82, 2.24) is 15.2 Å². The molecule has 1 aliphatic rings. The highest BCUT2D eigenvalue weighted by molar-refractivity contribution is 8.00. The Labute approximate surface area is 165 Å². The fraction of sp³-hybridized carbons (Fsp3) is 0.562. The van der Waals surface area contributed by atoms with Crippen molar-refractivity contribution in [2.75, 3.05) is 19.6 Å². The molecule has 1 saturated heterocycles. The summed E-state index contributed by atoms with van der Waals surface area (Å²) in [5, 5.41) is 3.15. The molecule has 2 rings (SSSR count). The zero-order valence-corrected chi connectivity index (χ0v) is 16.9. The fourth-order valence-electron chi connectivity index (χ4n) is 2.43. The Morgan fingerprint density at radius 2 is 1.96 bits per heavy atom. The van der Waals surface area contributed by atoms with E-state index in [0.29, 0.717) is 17.1 Å². The predicted octanol–water partition coefficient (Wildman–Crippen LogP) is 2.11. The van der Waals surface area contributed by atoms with Crippen LogP contribution < -0.4 is 11.1 Å². The van der Waals surface area contributed by atoms with Crippen LogP contribution in [0.4, 0.5) is 0 Å². The van der Waals surface area contributed by atoms with E-state index in [-0.39, 0.29) is 47.9 Å². The third-order valence-electron chi connectivity index (χ3n) is 3.80. The van der Waals surface area contributed by atoms with Crippen LogP contribution in [0.2, 0.25) is 0 Å². The van der Waals surface area contributed by atoms with Gasteiger partial charge in [-0.1, -0.05) is 11.8 Å². The Morgan fingerprint density at radius 1 is 1.32 bits per heavy atom. The molecule has 0 spiro atoms. The second kappa shape index (κ2) is 11.6. The highest BCUT2D eigenvalue weighted by atomic mass is 35.5. The summed E-state index contributed by atoms with van der Waals surface area (Å²) in [4.78, 5) is 30.9. The van der Waals surface area contributed by atoms with Gasteiger partial charge in [0, 0.05) is 31.9 Å². The zero-order chi connectivity index (χ0) is 16.8. The van der Waals surface area contributed by atoms with Gasteiger partial charge in [0.25, 0.3) is 5.91 Å². The standard InChI is InChI=1S/C16H24N4O2S.2ClH/c1-11(10-17)19-14(21)13-6-5-7-18-15(13)23-12(2)16(22)20-8-3-4-9-20;;/h5-7,11-12H,3-4,8-10,17H2,1-2H3,(H,19,21);2*1H/t11-,12?;;/m0../s1. The van der Waals surface area contributed by atoms with E-state index >= 15 is 0 Å². The van der Waals surface area contributed by atoms with Crippen molar-refractivity contribution >= 4 is 48.4 Å². The third kappa shape index (κ3) is 6.66. The van der Waals surface area contributed by atoms with Crippen LogP contribution in [0.15, 0.2) is 23.4 Å². The molecular weight excluding hydrogens is 383 g/mol. The Balaban J connectivity index is 0.00000288. The number of aromatic nitrogens is 1. The van der Waals surface area contributed by atoms with Crippen molar-refractivity contribution in [3.8, 4) is 0 Å². The van der Waals surface area contributed by atoms with Gasteiger partial charge in [0.2, 0.25) is 5.91 Å². The highest BCUT2D eigenvalue weighted by Crippen LogP contribution is 2.26. The predicted molar refractivity (Wildman–Crippen MR) is 106 cm³/mol. The highest BCUT2D eigenvalue weighted by Gasteiger charge is 2.26. The SMILES string of the molecule is CC(Sc1ncccc1C(=O)N[C@@H](C)CN)C(=O)N1CCCC1.Cl.Cl. The zero-order valence-electron chi connectivity index (χ0n) is 14.4. The second-order valence-electron chi connectivity index (χ2n) is 5.76. The lowest BCUT2D eigenvalue weighted by Gasteiger charge is -2.20. The summed E-state index contributed by atoms with van der Waals surface area (Å²) >= 11 is 1.33. The van der Waals surface area contributed by atoms with Crippen molar-refractivity contribution in [1.29, 1.82) is 0 Å². The number of nitrogens with zero attached hydrogens (tertiary/aromatic N) is 2. The molecule has 2 heterocycles. The van der Waals surface area contributed by atoms with Gasteiger partial charge in [-0.25, -0.2) is 4.98 Å². The normalized spacial score (nSPS) is 15.6. The maximum absolute atomic E-state index is 12.4. The van der Waals surface area contributed by atoms with Crippen LogP contribution in [0, 0.1) is 0 Å². The molecule has 0 saturated carbocycles. The van der Waals surface area contributed by atoms with Gasteiger partial charge in [-0.05, 0) is 38.8 Å². The van der Waals surface area contributed by atoms with Crippen LogP contribution in [0.5, 0.6) is 0 Å². The number of carbonyl (C=O) groups excluding carboxylic acids is 2. The molecule has 1 aliphatic heterocycles. The van der Waals surface area contributed by atoms with E-state index in [1.165, 1.54) is 11.8 Å². The average molecular weight is 409 g/mol. The molecule has 6 nitrogen and oxygen atoms in total. The monoisotopic (exact) mass is 408 g/mol. The fourth-order valence-corrected chi connectivity index (χ4v) is 3.42. The van der Waals surface area contributed by atoms with Gasteiger partial charge in [0.1, 0.15) is 5.03 Å². The van der Waals surface area contributed by atoms with Crippen LogP contribution in [0.3, 0.4) is 0 Å². The summed E-state index contributed by atoms with van der Waals surface area (Å²) in [6.45, 7) is 5.74. The van der Waals surface area contributed by atoms with E-state index < -0.39 is 0 Å². The molecule has 1 aromatic rings. The molecule has 1 aromatic heterocycles. The number of likely N-dealkylation sites (tertiary alicyclic amines) is 1. The van der Waals surface area contributed by atoms with E-state index in [0.717, 1.165) is 25.9 Å². The second-order valence-corrected chi connectivity index (χ2v) is 7.09. The molecule has 1 unspecified atom stereocenters. The Kier molecular flexibility index (Phi) is 11.1. The van der Waals surface area contributed by atoms with E-state index in [4.69, 9.17) is 5.73 Å². The summed E-state index contributed by atoms with van der Waals surface area (Å²) in [7, 11) is 0. The van der Waals surface area contributed by atoms with Crippen LogP contribution >= 0.6 is 36.6 Å². The van der Waals surface area contributed by atoms with Gasteiger partial charge in [-0.3, -0.25) is 9.59 Å². The van der Waals surface area contributed by atoms with E-state index in [9.17, 15) is 9.59 Å². The van der Waals surface area contributed by atoms with E-state index in [1.807, 2.05) is 18.7 Å². The van der Waals surface area contributed by atoms with Gasteiger partial charge in [-0.2, -0.15) is 0 Å². The molecule has 0 aromatic carbocycles. The Morgan fingerprint density at radius 3 is 2.56 bits per heavy atom. The first-order valence-electron chi connectivity index (χ1n) is 7.94. The molecule has 25 heavy (non-hydrogen) atoms. The van der Waals surface area contributed by atoms with E-state index in [1.54, 1.807) is 18.3 Å². The number of nitrogens with two attached hydrogens (primary N) is 1. The summed E-state index contributed by atoms with van der Waals surface area (Å²) in [6.07, 6.45) is 3.77. The molecule has 2 amide bonds. The van der Waals surface area contributed by atoms with Gasteiger partial charge in [0.05, 0.1) is 10.8 Å². The van der Waals surface area contributed by atoms with Crippen molar-refractivity contribution in [3.05, 3.63) is 23.9 Å². The van der Waals surface area contributed by atoms with Crippen LogP contribution in [-0.4, -0.2) is 52.6 Å². The number of nitrogens with one attached hydrogen (secondary N) is 1. The number of halogens is 2. The number of rotatable bonds is 6. The first kappa shape index (κ1) is 24.0. The van der Waals surface area contributed by atoms with Crippen molar-refractivity contribution < 1.29 is 9.59 Å². The summed E-state index contributed by atoms with van der Waals surface area (Å²) < 4.78 is 0. The summed E-state index contributed by atoms with van der Waals surface area (Å²) in [5.41, 5.74) is 6.03. The minimum absolute atomic E-state index is 0. The quantitative estimate of drug-likeness (QED) is 0.703. The molecule has 0 radical (unpaired) electrons. The van der Waals surface area contributed by atoms with Gasteiger partial charge in [0.15, 0.2) is 0 Å². The molecule has 0 aliphatic carbocycles. The Bertz CT molecular complexity index is 571. The van der Waals surface area contributed by atoms with E-state index in [2.05, 4.69) is 10.3 Å². The minimum Gasteiger partial charge on any atom is -0.348 e. The number of thioether (sulfide) groups is 1. The number of carbonyl (C=O) groups is 2. The molecule has 9 heteroatoms. The maximum atomic E-state index is 12.4. The first-order valence-corrected chi connectivity index (χ1v) is 8.82. The maximum Gasteiger partial charge on any atom is 0.254 e. The average Bonchev–Trinajstić information content (AvgIpc) is 3.08. The van der Waals surface area contributed by atoms with Gasteiger partial charge < -0.3 is 16.0 Å².